The van der Waals surface area contributed by atoms with Crippen LogP contribution in [-0.4, -0.2) is 21.2 Å². The third-order valence-electron chi connectivity index (χ3n) is 2.16. The number of nitrogens with zero attached hydrogens (tertiary/aromatic N) is 1. The number of thiophene rings is 1. The highest BCUT2D eigenvalue weighted by molar-refractivity contribution is 8.26. The van der Waals surface area contributed by atoms with Gasteiger partial charge in [0.1, 0.15) is 4.32 Å². The van der Waals surface area contributed by atoms with Crippen molar-refractivity contribution in [2.24, 2.45) is 0 Å². The van der Waals surface area contributed by atoms with Gasteiger partial charge in [-0.15, -0.1) is 11.3 Å². The highest BCUT2D eigenvalue weighted by atomic mass is 32.2. The topological polar surface area (TPSA) is 20.3 Å². The molecule has 2 rings (SSSR count). The minimum Gasteiger partial charge on any atom is -0.290 e. The first-order valence-corrected chi connectivity index (χ1v) is 7.00. The normalized spacial score (nSPS) is 19.2. The van der Waals surface area contributed by atoms with Crippen LogP contribution in [0, 0.1) is 0 Å². The average molecular weight is 269 g/mol. The van der Waals surface area contributed by atoms with Gasteiger partial charge in [0.05, 0.1) is 4.91 Å². The van der Waals surface area contributed by atoms with Crippen molar-refractivity contribution in [3.05, 3.63) is 27.3 Å². The lowest BCUT2D eigenvalue weighted by molar-refractivity contribution is -0.123. The molecule has 1 aliphatic rings. The Morgan fingerprint density at radius 1 is 1.50 bits per heavy atom. The van der Waals surface area contributed by atoms with Gasteiger partial charge in [-0.2, -0.15) is 0 Å². The number of hydrogen-bond acceptors (Lipinski definition) is 4. The van der Waals surface area contributed by atoms with Crippen molar-refractivity contribution in [2.45, 2.75) is 19.9 Å². The SMILES string of the molecule is CC(C)N1C(=O)C(=Cc2cccs2)SC1=S. The molecule has 0 N–H and O–H groups in total. The molecular formula is C11H11NOS3. The van der Waals surface area contributed by atoms with E-state index in [1.54, 1.807) is 16.2 Å². The molecule has 84 valence electrons. The minimum atomic E-state index is 0.0263. The lowest BCUT2D eigenvalue weighted by Crippen LogP contribution is -2.34. The Morgan fingerprint density at radius 2 is 2.25 bits per heavy atom. The zero-order valence-electron chi connectivity index (χ0n) is 8.97. The van der Waals surface area contributed by atoms with Crippen LogP contribution in [0.1, 0.15) is 18.7 Å². The summed E-state index contributed by atoms with van der Waals surface area (Å²) in [7, 11) is 0. The molecule has 0 radical (unpaired) electrons. The van der Waals surface area contributed by atoms with Gasteiger partial charge < -0.3 is 0 Å². The second-order valence-electron chi connectivity index (χ2n) is 3.66. The van der Waals surface area contributed by atoms with Crippen molar-refractivity contribution in [2.75, 3.05) is 0 Å². The standard InChI is InChI=1S/C11H11NOS3/c1-7(2)12-10(13)9(16-11(12)14)6-8-4-3-5-15-8/h3-7H,1-2H3. The number of thioether (sulfide) groups is 1. The molecule has 0 atom stereocenters. The predicted molar refractivity (Wildman–Crippen MR) is 74.5 cm³/mol. The van der Waals surface area contributed by atoms with Gasteiger partial charge in [0.2, 0.25) is 0 Å². The number of amides is 1. The van der Waals surface area contributed by atoms with Crippen LogP contribution < -0.4 is 0 Å². The van der Waals surface area contributed by atoms with E-state index in [0.29, 0.717) is 4.32 Å². The zero-order valence-corrected chi connectivity index (χ0v) is 11.4. The molecule has 0 bridgehead atoms. The Kier molecular flexibility index (Phi) is 3.47. The summed E-state index contributed by atoms with van der Waals surface area (Å²) in [6.45, 7) is 3.94. The summed E-state index contributed by atoms with van der Waals surface area (Å²) < 4.78 is 0.655. The first kappa shape index (κ1) is 11.8. The van der Waals surface area contributed by atoms with Crippen molar-refractivity contribution in [1.29, 1.82) is 0 Å². The zero-order chi connectivity index (χ0) is 11.7. The maximum atomic E-state index is 12.0. The quantitative estimate of drug-likeness (QED) is 0.606. The van der Waals surface area contributed by atoms with Crippen LogP contribution in [0.2, 0.25) is 0 Å². The Bertz CT molecular complexity index is 448. The lowest BCUT2D eigenvalue weighted by atomic mass is 10.3. The van der Waals surface area contributed by atoms with Gasteiger partial charge in [-0.05, 0) is 31.4 Å². The van der Waals surface area contributed by atoms with Crippen LogP contribution in [0.5, 0.6) is 0 Å². The largest absolute Gasteiger partial charge is 0.290 e. The van der Waals surface area contributed by atoms with Gasteiger partial charge in [0, 0.05) is 10.9 Å². The summed E-state index contributed by atoms with van der Waals surface area (Å²) in [6.07, 6.45) is 1.91. The molecule has 1 aliphatic heterocycles. The number of thiocarbonyl (C=S) groups is 1. The molecule has 0 aromatic carbocycles. The van der Waals surface area contributed by atoms with E-state index in [1.807, 2.05) is 37.4 Å². The minimum absolute atomic E-state index is 0.0263. The number of hydrogen-bond donors (Lipinski definition) is 0. The molecule has 1 saturated heterocycles. The summed E-state index contributed by atoms with van der Waals surface area (Å²) in [5.74, 6) is 0.0263. The van der Waals surface area contributed by atoms with Gasteiger partial charge >= 0.3 is 0 Å². The third kappa shape index (κ3) is 2.21. The predicted octanol–water partition coefficient (Wildman–Crippen LogP) is 3.36. The van der Waals surface area contributed by atoms with E-state index in [-0.39, 0.29) is 11.9 Å². The monoisotopic (exact) mass is 269 g/mol. The maximum absolute atomic E-state index is 12.0. The molecule has 2 nitrogen and oxygen atoms in total. The van der Waals surface area contributed by atoms with Crippen LogP contribution in [-0.2, 0) is 4.79 Å². The van der Waals surface area contributed by atoms with E-state index in [0.717, 1.165) is 9.78 Å². The summed E-state index contributed by atoms with van der Waals surface area (Å²) >= 11 is 8.20. The van der Waals surface area contributed by atoms with E-state index in [4.69, 9.17) is 12.2 Å². The molecule has 5 heteroatoms. The van der Waals surface area contributed by atoms with E-state index in [9.17, 15) is 4.79 Å². The Balaban J connectivity index is 2.27. The van der Waals surface area contributed by atoms with Crippen molar-refractivity contribution >= 4 is 51.6 Å². The van der Waals surface area contributed by atoms with E-state index >= 15 is 0 Å². The average Bonchev–Trinajstić information content (AvgIpc) is 2.76. The Labute approximate surface area is 108 Å². The first-order valence-electron chi connectivity index (χ1n) is 4.90. The smallest absolute Gasteiger partial charge is 0.266 e. The number of rotatable bonds is 2. The Morgan fingerprint density at radius 3 is 2.75 bits per heavy atom. The third-order valence-corrected chi connectivity index (χ3v) is 4.31. The fraction of sp³-hybridized carbons (Fsp3) is 0.273. The lowest BCUT2D eigenvalue weighted by Gasteiger charge is -2.18. The van der Waals surface area contributed by atoms with Crippen LogP contribution in [0.3, 0.4) is 0 Å². The van der Waals surface area contributed by atoms with Crippen molar-refractivity contribution in [3.63, 3.8) is 0 Å². The van der Waals surface area contributed by atoms with Crippen LogP contribution in [0.25, 0.3) is 6.08 Å². The second kappa shape index (κ2) is 4.69. The maximum Gasteiger partial charge on any atom is 0.266 e. The molecule has 0 saturated carbocycles. The van der Waals surface area contributed by atoms with E-state index in [2.05, 4.69) is 0 Å². The molecule has 0 aliphatic carbocycles. The van der Waals surface area contributed by atoms with Gasteiger partial charge in [0.15, 0.2) is 0 Å². The summed E-state index contributed by atoms with van der Waals surface area (Å²) in [6, 6.07) is 4.09. The summed E-state index contributed by atoms with van der Waals surface area (Å²) in [4.78, 5) is 15.5. The molecule has 2 heterocycles. The fourth-order valence-electron chi connectivity index (χ4n) is 1.43. The highest BCUT2D eigenvalue weighted by Gasteiger charge is 2.33. The molecule has 0 unspecified atom stereocenters. The molecule has 1 aromatic heterocycles. The molecule has 16 heavy (non-hydrogen) atoms. The Hall–Kier alpha value is -0.650. The molecular weight excluding hydrogens is 258 g/mol. The van der Waals surface area contributed by atoms with Gasteiger partial charge in [0.25, 0.3) is 5.91 Å². The molecule has 1 aromatic rings. The fourth-order valence-corrected chi connectivity index (χ4v) is 3.67. The summed E-state index contributed by atoms with van der Waals surface area (Å²) in [5, 5.41) is 2.00. The number of carbonyl (C=O) groups excluding carboxylic acids is 1. The van der Waals surface area contributed by atoms with Crippen molar-refractivity contribution < 1.29 is 4.79 Å². The van der Waals surface area contributed by atoms with Crippen LogP contribution in [0.4, 0.5) is 0 Å². The van der Waals surface area contributed by atoms with Crippen molar-refractivity contribution in [1.82, 2.24) is 4.90 Å². The highest BCUT2D eigenvalue weighted by Crippen LogP contribution is 2.34. The molecule has 1 amide bonds. The van der Waals surface area contributed by atoms with E-state index in [1.165, 1.54) is 11.8 Å². The molecule has 1 fully saturated rings. The van der Waals surface area contributed by atoms with Crippen LogP contribution in [0.15, 0.2) is 22.4 Å². The van der Waals surface area contributed by atoms with Crippen molar-refractivity contribution in [3.8, 4) is 0 Å². The van der Waals surface area contributed by atoms with Gasteiger partial charge in [-0.25, -0.2) is 0 Å². The van der Waals surface area contributed by atoms with Gasteiger partial charge in [-0.3, -0.25) is 9.69 Å². The van der Waals surface area contributed by atoms with Crippen LogP contribution >= 0.6 is 35.3 Å². The molecule has 0 spiro atoms. The second-order valence-corrected chi connectivity index (χ2v) is 6.32. The number of carbonyl (C=O) groups is 1. The van der Waals surface area contributed by atoms with E-state index < -0.39 is 0 Å². The van der Waals surface area contributed by atoms with Gasteiger partial charge in [-0.1, -0.05) is 30.0 Å². The first-order chi connectivity index (χ1) is 7.59. The summed E-state index contributed by atoms with van der Waals surface area (Å²) in [5.41, 5.74) is 0.